The monoisotopic (exact) mass is 284 g/mol. The molecule has 0 radical (unpaired) electrons. The highest BCUT2D eigenvalue weighted by molar-refractivity contribution is 7.11. The Kier molecular flexibility index (Phi) is 8.30. The number of hydrogen-bond acceptors (Lipinski definition) is 4. The Bertz CT molecular complexity index is 337. The highest BCUT2D eigenvalue weighted by Gasteiger charge is 2.01. The second-order valence-electron chi connectivity index (χ2n) is 5.60. The predicted octanol–water partition coefficient (Wildman–Crippen LogP) is 2.96. The van der Waals surface area contributed by atoms with Crippen LogP contribution in [0.5, 0.6) is 0 Å². The molecule has 3 nitrogen and oxygen atoms in total. The second kappa shape index (κ2) is 9.48. The van der Waals surface area contributed by atoms with Crippen LogP contribution >= 0.6 is 11.3 Å². The summed E-state index contributed by atoms with van der Waals surface area (Å²) in [7, 11) is 4.19. The van der Waals surface area contributed by atoms with Crippen LogP contribution in [0, 0.1) is 5.92 Å². The summed E-state index contributed by atoms with van der Waals surface area (Å²) in [6.45, 7) is 9.20. The summed E-state index contributed by atoms with van der Waals surface area (Å²) in [5, 5.41) is 3.47. The van der Waals surface area contributed by atoms with Gasteiger partial charge in [-0.1, -0.05) is 13.8 Å². The zero-order valence-corrected chi connectivity index (χ0v) is 13.6. The minimum Gasteiger partial charge on any atom is -0.376 e. The number of hydrogen-bond donors (Lipinski definition) is 1. The molecule has 0 atom stereocenters. The van der Waals surface area contributed by atoms with Crippen molar-refractivity contribution in [2.45, 2.75) is 33.4 Å². The van der Waals surface area contributed by atoms with Crippen molar-refractivity contribution in [2.75, 3.05) is 33.8 Å². The van der Waals surface area contributed by atoms with Gasteiger partial charge in [0.05, 0.1) is 6.61 Å². The van der Waals surface area contributed by atoms with Crippen molar-refractivity contribution in [3.63, 3.8) is 0 Å². The fourth-order valence-corrected chi connectivity index (χ4v) is 2.66. The van der Waals surface area contributed by atoms with Crippen LogP contribution in [0.1, 0.15) is 30.0 Å². The zero-order valence-electron chi connectivity index (χ0n) is 12.7. The van der Waals surface area contributed by atoms with E-state index in [1.54, 1.807) is 0 Å². The lowest BCUT2D eigenvalue weighted by molar-refractivity contribution is 0.115. The van der Waals surface area contributed by atoms with E-state index in [2.05, 4.69) is 50.3 Å². The van der Waals surface area contributed by atoms with E-state index in [0.29, 0.717) is 5.92 Å². The Morgan fingerprint density at radius 1 is 1.26 bits per heavy atom. The molecule has 0 bridgehead atoms. The van der Waals surface area contributed by atoms with Gasteiger partial charge in [-0.2, -0.15) is 0 Å². The summed E-state index contributed by atoms with van der Waals surface area (Å²) in [6.07, 6.45) is 1.10. The molecule has 4 heteroatoms. The first-order valence-electron chi connectivity index (χ1n) is 7.08. The first kappa shape index (κ1) is 16.6. The summed E-state index contributed by atoms with van der Waals surface area (Å²) in [5.74, 6) is 0.708. The lowest BCUT2D eigenvalue weighted by Gasteiger charge is -2.08. The van der Waals surface area contributed by atoms with Crippen molar-refractivity contribution in [3.8, 4) is 0 Å². The maximum atomic E-state index is 5.69. The third-order valence-electron chi connectivity index (χ3n) is 2.71. The average Bonchev–Trinajstić information content (AvgIpc) is 2.76. The fourth-order valence-electron chi connectivity index (χ4n) is 1.73. The maximum absolute atomic E-state index is 5.69. The van der Waals surface area contributed by atoms with E-state index in [9.17, 15) is 0 Å². The molecule has 0 aliphatic rings. The first-order chi connectivity index (χ1) is 9.08. The third kappa shape index (κ3) is 8.37. The molecule has 1 aromatic rings. The summed E-state index contributed by atoms with van der Waals surface area (Å²) in [5.41, 5.74) is 0. The molecule has 1 rings (SSSR count). The van der Waals surface area contributed by atoms with E-state index in [1.807, 2.05) is 11.3 Å². The summed E-state index contributed by atoms with van der Waals surface area (Å²) >= 11 is 1.85. The molecule has 19 heavy (non-hydrogen) atoms. The molecule has 1 aromatic heterocycles. The van der Waals surface area contributed by atoms with Crippen molar-refractivity contribution in [2.24, 2.45) is 5.92 Å². The van der Waals surface area contributed by atoms with Gasteiger partial charge in [-0.3, -0.25) is 0 Å². The van der Waals surface area contributed by atoms with Crippen LogP contribution in [0.15, 0.2) is 12.1 Å². The molecule has 110 valence electrons. The van der Waals surface area contributed by atoms with Crippen LogP contribution in [-0.4, -0.2) is 38.7 Å². The van der Waals surface area contributed by atoms with E-state index < -0.39 is 0 Å². The molecule has 0 saturated heterocycles. The lowest BCUT2D eigenvalue weighted by atomic mass is 10.2. The number of nitrogens with zero attached hydrogens (tertiary/aromatic N) is 1. The van der Waals surface area contributed by atoms with Crippen molar-refractivity contribution >= 4 is 11.3 Å². The number of rotatable bonds is 10. The van der Waals surface area contributed by atoms with Gasteiger partial charge in [0.2, 0.25) is 0 Å². The molecule has 0 saturated carbocycles. The smallest absolute Gasteiger partial charge is 0.0809 e. The van der Waals surface area contributed by atoms with Gasteiger partial charge in [0.1, 0.15) is 0 Å². The van der Waals surface area contributed by atoms with Gasteiger partial charge in [-0.25, -0.2) is 0 Å². The molecular formula is C15H28N2OS. The van der Waals surface area contributed by atoms with Crippen molar-refractivity contribution in [3.05, 3.63) is 21.9 Å². The molecule has 0 aliphatic heterocycles. The van der Waals surface area contributed by atoms with E-state index in [-0.39, 0.29) is 0 Å². The quantitative estimate of drug-likeness (QED) is 0.669. The van der Waals surface area contributed by atoms with Crippen molar-refractivity contribution in [1.82, 2.24) is 10.2 Å². The fraction of sp³-hybridized carbons (Fsp3) is 0.733. The van der Waals surface area contributed by atoms with Gasteiger partial charge in [0.25, 0.3) is 0 Å². The molecular weight excluding hydrogens is 256 g/mol. The molecule has 0 aromatic carbocycles. The van der Waals surface area contributed by atoms with Gasteiger partial charge in [-0.05, 0) is 51.7 Å². The van der Waals surface area contributed by atoms with E-state index in [0.717, 1.165) is 39.3 Å². The third-order valence-corrected chi connectivity index (χ3v) is 3.77. The predicted molar refractivity (Wildman–Crippen MR) is 83.7 cm³/mol. The van der Waals surface area contributed by atoms with Crippen LogP contribution in [0.2, 0.25) is 0 Å². The highest BCUT2D eigenvalue weighted by Crippen LogP contribution is 2.17. The Labute approximate surface area is 122 Å². The number of nitrogens with one attached hydrogen (secondary N) is 1. The Hall–Kier alpha value is -0.420. The zero-order chi connectivity index (χ0) is 14.1. The van der Waals surface area contributed by atoms with E-state index in [1.165, 1.54) is 9.75 Å². The van der Waals surface area contributed by atoms with Gasteiger partial charge in [0, 0.05) is 22.9 Å². The minimum atomic E-state index is 0.708. The molecule has 1 heterocycles. The average molecular weight is 284 g/mol. The number of thiophene rings is 1. The Balaban J connectivity index is 2.12. The van der Waals surface area contributed by atoms with Gasteiger partial charge in [-0.15, -0.1) is 11.3 Å². The topological polar surface area (TPSA) is 24.5 Å². The van der Waals surface area contributed by atoms with Gasteiger partial charge in [0.15, 0.2) is 0 Å². The molecule has 0 fully saturated rings. The Morgan fingerprint density at radius 2 is 2.00 bits per heavy atom. The van der Waals surface area contributed by atoms with Crippen LogP contribution in [-0.2, 0) is 17.9 Å². The molecule has 0 spiro atoms. The maximum Gasteiger partial charge on any atom is 0.0809 e. The van der Waals surface area contributed by atoms with Crippen molar-refractivity contribution < 1.29 is 4.74 Å². The minimum absolute atomic E-state index is 0.708. The van der Waals surface area contributed by atoms with Crippen LogP contribution in [0.25, 0.3) is 0 Å². The summed E-state index contributed by atoms with van der Waals surface area (Å²) < 4.78 is 5.69. The SMILES string of the molecule is CC(C)CNCc1ccc(COCCCN(C)C)s1. The standard InChI is InChI=1S/C15H28N2OS/c1-13(2)10-16-11-14-6-7-15(19-14)12-18-9-5-8-17(3)4/h6-7,13,16H,5,8-12H2,1-4H3. The van der Waals surface area contributed by atoms with Crippen LogP contribution in [0.4, 0.5) is 0 Å². The van der Waals surface area contributed by atoms with E-state index in [4.69, 9.17) is 4.74 Å². The van der Waals surface area contributed by atoms with Crippen molar-refractivity contribution in [1.29, 1.82) is 0 Å². The lowest BCUT2D eigenvalue weighted by Crippen LogP contribution is -2.18. The van der Waals surface area contributed by atoms with Crippen LogP contribution < -0.4 is 5.32 Å². The van der Waals surface area contributed by atoms with Gasteiger partial charge >= 0.3 is 0 Å². The largest absolute Gasteiger partial charge is 0.376 e. The normalized spacial score (nSPS) is 11.7. The number of ether oxygens (including phenoxy) is 1. The first-order valence-corrected chi connectivity index (χ1v) is 7.90. The highest BCUT2D eigenvalue weighted by atomic mass is 32.1. The van der Waals surface area contributed by atoms with Gasteiger partial charge < -0.3 is 15.0 Å². The molecule has 0 aliphatic carbocycles. The molecule has 1 N–H and O–H groups in total. The molecule has 0 amide bonds. The second-order valence-corrected chi connectivity index (χ2v) is 6.86. The summed E-state index contributed by atoms with van der Waals surface area (Å²) in [4.78, 5) is 4.91. The van der Waals surface area contributed by atoms with Crippen LogP contribution in [0.3, 0.4) is 0 Å². The molecule has 0 unspecified atom stereocenters. The Morgan fingerprint density at radius 3 is 2.68 bits per heavy atom. The summed E-state index contributed by atoms with van der Waals surface area (Å²) in [6, 6.07) is 4.39. The van der Waals surface area contributed by atoms with E-state index >= 15 is 0 Å².